The van der Waals surface area contributed by atoms with Crippen LogP contribution in [0.15, 0.2) is 5.38 Å². The van der Waals surface area contributed by atoms with Gasteiger partial charge in [-0.15, -0.1) is 11.3 Å². The minimum atomic E-state index is 0.510. The first-order valence-electron chi connectivity index (χ1n) is 6.56. The quantitative estimate of drug-likeness (QED) is 0.845. The van der Waals surface area contributed by atoms with Crippen molar-refractivity contribution < 1.29 is 0 Å². The van der Waals surface area contributed by atoms with Crippen LogP contribution < -0.4 is 10.6 Å². The molecule has 0 spiro atoms. The van der Waals surface area contributed by atoms with Gasteiger partial charge in [-0.05, 0) is 44.7 Å². The summed E-state index contributed by atoms with van der Waals surface area (Å²) in [5.41, 5.74) is 1.70. The molecule has 0 radical (unpaired) electrons. The fourth-order valence-corrected chi connectivity index (χ4v) is 3.17. The summed E-state index contributed by atoms with van der Waals surface area (Å²) in [4.78, 5) is 4.49. The summed E-state index contributed by atoms with van der Waals surface area (Å²) in [5.74, 6) is 0. The molecule has 1 aromatic heterocycles. The molecule has 0 atom stereocenters. The summed E-state index contributed by atoms with van der Waals surface area (Å²) in [6, 6.07) is 0. The van der Waals surface area contributed by atoms with E-state index in [0.29, 0.717) is 5.41 Å². The Kier molecular flexibility index (Phi) is 4.54. The molecule has 1 fully saturated rings. The van der Waals surface area contributed by atoms with Crippen molar-refractivity contribution in [2.24, 2.45) is 5.41 Å². The third kappa shape index (κ3) is 3.50. The van der Waals surface area contributed by atoms with E-state index >= 15 is 0 Å². The highest BCUT2D eigenvalue weighted by Gasteiger charge is 2.29. The van der Waals surface area contributed by atoms with Gasteiger partial charge < -0.3 is 10.6 Å². The number of aromatic nitrogens is 1. The summed E-state index contributed by atoms with van der Waals surface area (Å²) in [7, 11) is 0. The maximum atomic E-state index is 4.49. The normalized spacial score (nSPS) is 19.4. The number of thiazole rings is 1. The van der Waals surface area contributed by atoms with Crippen molar-refractivity contribution in [3.8, 4) is 0 Å². The lowest BCUT2D eigenvalue weighted by Gasteiger charge is -2.37. The molecular formula is C13H23N3S. The monoisotopic (exact) mass is 253 g/mol. The molecule has 17 heavy (non-hydrogen) atoms. The Morgan fingerprint density at radius 1 is 1.47 bits per heavy atom. The third-order valence-corrected chi connectivity index (χ3v) is 4.71. The standard InChI is InChI=1S/C13H23N3S/c1-3-13(4-6-14-7-5-13)10-15-8-12-9-17-11(2)16-12/h9,14-15H,3-8,10H2,1-2H3. The summed E-state index contributed by atoms with van der Waals surface area (Å²) in [6.07, 6.45) is 3.87. The van der Waals surface area contributed by atoms with Gasteiger partial charge in [0.25, 0.3) is 0 Å². The van der Waals surface area contributed by atoms with Gasteiger partial charge in [0.2, 0.25) is 0 Å². The lowest BCUT2D eigenvalue weighted by atomic mass is 9.76. The van der Waals surface area contributed by atoms with E-state index in [4.69, 9.17) is 0 Å². The van der Waals surface area contributed by atoms with Crippen molar-refractivity contribution in [1.29, 1.82) is 0 Å². The highest BCUT2D eigenvalue weighted by molar-refractivity contribution is 7.09. The van der Waals surface area contributed by atoms with Crippen LogP contribution in [0.2, 0.25) is 0 Å². The topological polar surface area (TPSA) is 37.0 Å². The van der Waals surface area contributed by atoms with Gasteiger partial charge >= 0.3 is 0 Å². The Morgan fingerprint density at radius 2 is 2.24 bits per heavy atom. The van der Waals surface area contributed by atoms with E-state index in [9.17, 15) is 0 Å². The lowest BCUT2D eigenvalue weighted by molar-refractivity contribution is 0.185. The molecule has 1 saturated heterocycles. The number of nitrogens with zero attached hydrogens (tertiary/aromatic N) is 1. The van der Waals surface area contributed by atoms with Gasteiger partial charge in [0.05, 0.1) is 10.7 Å². The van der Waals surface area contributed by atoms with Crippen molar-refractivity contribution in [3.05, 3.63) is 16.1 Å². The Hall–Kier alpha value is -0.450. The SMILES string of the molecule is CCC1(CNCc2csc(C)n2)CCNCC1. The fraction of sp³-hybridized carbons (Fsp3) is 0.769. The van der Waals surface area contributed by atoms with Gasteiger partial charge in [-0.1, -0.05) is 6.92 Å². The number of aryl methyl sites for hydroxylation is 1. The average Bonchev–Trinajstić information content (AvgIpc) is 2.76. The van der Waals surface area contributed by atoms with E-state index < -0.39 is 0 Å². The summed E-state index contributed by atoms with van der Waals surface area (Å²) < 4.78 is 0. The Morgan fingerprint density at radius 3 is 2.82 bits per heavy atom. The zero-order valence-corrected chi connectivity index (χ0v) is 11.7. The molecule has 2 rings (SSSR count). The number of nitrogens with one attached hydrogen (secondary N) is 2. The molecule has 2 heterocycles. The first-order chi connectivity index (χ1) is 8.24. The van der Waals surface area contributed by atoms with Crippen molar-refractivity contribution >= 4 is 11.3 Å². The molecule has 0 saturated carbocycles. The average molecular weight is 253 g/mol. The lowest BCUT2D eigenvalue weighted by Crippen LogP contribution is -2.42. The third-order valence-electron chi connectivity index (χ3n) is 3.89. The zero-order chi connectivity index (χ0) is 12.1. The molecule has 4 heteroatoms. The van der Waals surface area contributed by atoms with Crippen LogP contribution in [0, 0.1) is 12.3 Å². The number of piperidine rings is 1. The molecule has 2 N–H and O–H groups in total. The summed E-state index contributed by atoms with van der Waals surface area (Å²) in [5, 5.41) is 10.4. The maximum Gasteiger partial charge on any atom is 0.0897 e. The van der Waals surface area contributed by atoms with Gasteiger partial charge in [-0.3, -0.25) is 0 Å². The summed E-state index contributed by atoms with van der Waals surface area (Å²) in [6.45, 7) is 8.77. The number of rotatable bonds is 5. The van der Waals surface area contributed by atoms with Crippen molar-refractivity contribution in [3.63, 3.8) is 0 Å². The van der Waals surface area contributed by atoms with E-state index in [0.717, 1.165) is 18.1 Å². The molecule has 96 valence electrons. The Labute approximate surface area is 108 Å². The van der Waals surface area contributed by atoms with Gasteiger partial charge in [-0.25, -0.2) is 4.98 Å². The number of hydrogen-bond acceptors (Lipinski definition) is 4. The molecule has 0 unspecified atom stereocenters. The smallest absolute Gasteiger partial charge is 0.0897 e. The molecule has 0 amide bonds. The van der Waals surface area contributed by atoms with Crippen LogP contribution in [0.5, 0.6) is 0 Å². The zero-order valence-electron chi connectivity index (χ0n) is 10.9. The summed E-state index contributed by atoms with van der Waals surface area (Å²) >= 11 is 1.73. The van der Waals surface area contributed by atoms with Crippen LogP contribution in [0.1, 0.15) is 36.9 Å². The highest BCUT2D eigenvalue weighted by Crippen LogP contribution is 2.31. The molecule has 1 aromatic rings. The molecule has 0 bridgehead atoms. The molecule has 1 aliphatic rings. The second kappa shape index (κ2) is 5.94. The van der Waals surface area contributed by atoms with Crippen molar-refractivity contribution in [1.82, 2.24) is 15.6 Å². The Balaban J connectivity index is 1.79. The molecular weight excluding hydrogens is 230 g/mol. The van der Waals surface area contributed by atoms with Crippen LogP contribution in [0.25, 0.3) is 0 Å². The van der Waals surface area contributed by atoms with Crippen LogP contribution in [0.3, 0.4) is 0 Å². The second-order valence-corrected chi connectivity index (χ2v) is 6.13. The van der Waals surface area contributed by atoms with E-state index in [2.05, 4.69) is 34.8 Å². The van der Waals surface area contributed by atoms with E-state index in [1.54, 1.807) is 11.3 Å². The molecule has 0 aliphatic carbocycles. The van der Waals surface area contributed by atoms with Gasteiger partial charge in [0, 0.05) is 18.5 Å². The van der Waals surface area contributed by atoms with Crippen molar-refractivity contribution in [2.75, 3.05) is 19.6 Å². The van der Waals surface area contributed by atoms with Crippen LogP contribution >= 0.6 is 11.3 Å². The molecule has 3 nitrogen and oxygen atoms in total. The first kappa shape index (κ1) is 13.0. The van der Waals surface area contributed by atoms with E-state index in [1.807, 2.05) is 0 Å². The van der Waals surface area contributed by atoms with Crippen LogP contribution in [-0.2, 0) is 6.54 Å². The maximum absolute atomic E-state index is 4.49. The van der Waals surface area contributed by atoms with Gasteiger partial charge in [0.15, 0.2) is 0 Å². The fourth-order valence-electron chi connectivity index (χ4n) is 2.56. The second-order valence-electron chi connectivity index (χ2n) is 5.06. The predicted octanol–water partition coefficient (Wildman–Crippen LogP) is 2.32. The first-order valence-corrected chi connectivity index (χ1v) is 7.44. The largest absolute Gasteiger partial charge is 0.317 e. The number of hydrogen-bond donors (Lipinski definition) is 2. The van der Waals surface area contributed by atoms with Crippen molar-refractivity contribution in [2.45, 2.75) is 39.7 Å². The minimum absolute atomic E-state index is 0.510. The van der Waals surface area contributed by atoms with Crippen LogP contribution in [0.4, 0.5) is 0 Å². The highest BCUT2D eigenvalue weighted by atomic mass is 32.1. The molecule has 0 aromatic carbocycles. The van der Waals surface area contributed by atoms with E-state index in [1.165, 1.54) is 38.0 Å². The predicted molar refractivity (Wildman–Crippen MR) is 73.4 cm³/mol. The minimum Gasteiger partial charge on any atom is -0.317 e. The Bertz CT molecular complexity index is 342. The molecule has 1 aliphatic heterocycles. The van der Waals surface area contributed by atoms with Gasteiger partial charge in [0.1, 0.15) is 0 Å². The van der Waals surface area contributed by atoms with E-state index in [-0.39, 0.29) is 0 Å². The van der Waals surface area contributed by atoms with Crippen LogP contribution in [-0.4, -0.2) is 24.6 Å². The van der Waals surface area contributed by atoms with Gasteiger partial charge in [-0.2, -0.15) is 0 Å².